The third-order valence-electron chi connectivity index (χ3n) is 4.30. The number of hydrogen-bond donors (Lipinski definition) is 2. The molecule has 4 heteroatoms. The lowest BCUT2D eigenvalue weighted by molar-refractivity contribution is -0.119. The minimum Gasteiger partial charge on any atom is -0.493 e. The van der Waals surface area contributed by atoms with E-state index in [0.29, 0.717) is 12.5 Å². The molecule has 0 aliphatic carbocycles. The number of carbonyl (C=O) groups excluding carboxylic acids is 1. The van der Waals surface area contributed by atoms with Crippen LogP contribution in [0.3, 0.4) is 0 Å². The summed E-state index contributed by atoms with van der Waals surface area (Å²) in [5.74, 6) is 1.73. The van der Waals surface area contributed by atoms with E-state index in [4.69, 9.17) is 4.74 Å². The highest BCUT2D eigenvalue weighted by atomic mass is 16.5. The summed E-state index contributed by atoms with van der Waals surface area (Å²) in [5.41, 5.74) is 2.05. The van der Waals surface area contributed by atoms with Gasteiger partial charge in [0.25, 0.3) is 0 Å². The predicted molar refractivity (Wildman–Crippen MR) is 79.0 cm³/mol. The van der Waals surface area contributed by atoms with Crippen LogP contribution in [0, 0.1) is 11.8 Å². The summed E-state index contributed by atoms with van der Waals surface area (Å²) in [4.78, 5) is 12.3. The van der Waals surface area contributed by atoms with Crippen LogP contribution in [-0.2, 0) is 11.2 Å². The topological polar surface area (TPSA) is 50.4 Å². The van der Waals surface area contributed by atoms with Gasteiger partial charge in [0.15, 0.2) is 0 Å². The van der Waals surface area contributed by atoms with Crippen molar-refractivity contribution in [1.82, 2.24) is 5.32 Å². The summed E-state index contributed by atoms with van der Waals surface area (Å²) in [7, 11) is 0. The molecule has 2 atom stereocenters. The van der Waals surface area contributed by atoms with Crippen molar-refractivity contribution in [2.75, 3.05) is 25.0 Å². The molecule has 1 aromatic carbocycles. The zero-order chi connectivity index (χ0) is 13.9. The van der Waals surface area contributed by atoms with E-state index in [0.717, 1.165) is 42.9 Å². The van der Waals surface area contributed by atoms with Gasteiger partial charge in [-0.3, -0.25) is 4.79 Å². The molecule has 20 heavy (non-hydrogen) atoms. The molecule has 2 heterocycles. The van der Waals surface area contributed by atoms with Crippen molar-refractivity contribution in [3.8, 4) is 5.75 Å². The molecule has 0 saturated carbocycles. The number of carbonyl (C=O) groups is 1. The molecular formula is C16H22N2O2. The van der Waals surface area contributed by atoms with Crippen LogP contribution in [0.2, 0.25) is 0 Å². The van der Waals surface area contributed by atoms with E-state index in [9.17, 15) is 4.79 Å². The van der Waals surface area contributed by atoms with E-state index in [1.54, 1.807) is 0 Å². The highest BCUT2D eigenvalue weighted by Crippen LogP contribution is 2.32. The summed E-state index contributed by atoms with van der Waals surface area (Å²) >= 11 is 0. The van der Waals surface area contributed by atoms with Crippen LogP contribution >= 0.6 is 0 Å². The van der Waals surface area contributed by atoms with Crippen molar-refractivity contribution >= 4 is 11.6 Å². The maximum atomic E-state index is 12.3. The molecule has 0 radical (unpaired) electrons. The van der Waals surface area contributed by atoms with E-state index < -0.39 is 0 Å². The van der Waals surface area contributed by atoms with Crippen LogP contribution < -0.4 is 15.4 Å². The minimum absolute atomic E-state index is 0.0538. The fourth-order valence-corrected chi connectivity index (χ4v) is 3.12. The first-order valence-corrected chi connectivity index (χ1v) is 7.50. The molecule has 3 rings (SSSR count). The molecule has 1 saturated heterocycles. The Hall–Kier alpha value is -1.55. The Morgan fingerprint density at radius 3 is 3.25 bits per heavy atom. The lowest BCUT2D eigenvalue weighted by Gasteiger charge is -2.16. The van der Waals surface area contributed by atoms with Crippen molar-refractivity contribution in [2.45, 2.75) is 26.2 Å². The smallest absolute Gasteiger partial charge is 0.227 e. The van der Waals surface area contributed by atoms with Crippen LogP contribution in [0.1, 0.15) is 25.3 Å². The first-order valence-electron chi connectivity index (χ1n) is 7.50. The first-order chi connectivity index (χ1) is 9.74. The van der Waals surface area contributed by atoms with Gasteiger partial charge in [-0.05, 0) is 44.0 Å². The van der Waals surface area contributed by atoms with E-state index in [-0.39, 0.29) is 11.8 Å². The van der Waals surface area contributed by atoms with Crippen LogP contribution in [-0.4, -0.2) is 25.6 Å². The zero-order valence-corrected chi connectivity index (χ0v) is 11.9. The van der Waals surface area contributed by atoms with Crippen molar-refractivity contribution in [2.24, 2.45) is 11.8 Å². The molecule has 1 aromatic rings. The van der Waals surface area contributed by atoms with Gasteiger partial charge < -0.3 is 15.4 Å². The third-order valence-corrected chi connectivity index (χ3v) is 4.30. The summed E-state index contributed by atoms with van der Waals surface area (Å²) in [6.45, 7) is 4.87. The number of rotatable bonds is 4. The second kappa shape index (κ2) is 5.83. The number of anilines is 1. The molecule has 2 unspecified atom stereocenters. The summed E-state index contributed by atoms with van der Waals surface area (Å²) in [6, 6.07) is 5.87. The van der Waals surface area contributed by atoms with Gasteiger partial charge in [-0.1, -0.05) is 13.0 Å². The minimum atomic E-state index is 0.0538. The average Bonchev–Trinajstić information content (AvgIpc) is 3.09. The largest absolute Gasteiger partial charge is 0.493 e. The third kappa shape index (κ3) is 2.80. The highest BCUT2D eigenvalue weighted by Gasteiger charge is 2.23. The van der Waals surface area contributed by atoms with Gasteiger partial charge in [0.05, 0.1) is 6.61 Å². The summed E-state index contributed by atoms with van der Waals surface area (Å²) in [5, 5.41) is 6.43. The lowest BCUT2D eigenvalue weighted by Crippen LogP contribution is -2.24. The van der Waals surface area contributed by atoms with Gasteiger partial charge in [-0.2, -0.15) is 0 Å². The quantitative estimate of drug-likeness (QED) is 0.885. The Bertz CT molecular complexity index is 495. The van der Waals surface area contributed by atoms with Gasteiger partial charge in [0.1, 0.15) is 5.75 Å². The standard InChI is InChI=1S/C16H22N2O2/c1-11(9-12-5-7-17-10-12)16(19)18-14-3-2-4-15-13(14)6-8-20-15/h2-4,11-12,17H,5-10H2,1H3,(H,18,19). The van der Waals surface area contributed by atoms with Crippen molar-refractivity contribution in [3.63, 3.8) is 0 Å². The second-order valence-electron chi connectivity index (χ2n) is 5.87. The molecule has 2 aliphatic heterocycles. The maximum absolute atomic E-state index is 12.3. The summed E-state index contributed by atoms with van der Waals surface area (Å²) < 4.78 is 5.53. The molecule has 2 N–H and O–H groups in total. The molecule has 0 spiro atoms. The Kier molecular flexibility index (Phi) is 3.92. The Morgan fingerprint density at radius 2 is 2.45 bits per heavy atom. The number of nitrogens with one attached hydrogen (secondary N) is 2. The normalized spacial score (nSPS) is 22.1. The van der Waals surface area contributed by atoms with Gasteiger partial charge in [-0.25, -0.2) is 0 Å². The van der Waals surface area contributed by atoms with Gasteiger partial charge >= 0.3 is 0 Å². The second-order valence-corrected chi connectivity index (χ2v) is 5.87. The highest BCUT2D eigenvalue weighted by molar-refractivity contribution is 5.93. The SMILES string of the molecule is CC(CC1CCNC1)C(=O)Nc1cccc2c1CCO2. The van der Waals surface area contributed by atoms with E-state index >= 15 is 0 Å². The lowest BCUT2D eigenvalue weighted by atomic mass is 9.94. The number of fused-ring (bicyclic) bond motifs is 1. The zero-order valence-electron chi connectivity index (χ0n) is 11.9. The van der Waals surface area contributed by atoms with Crippen LogP contribution in [0.25, 0.3) is 0 Å². The van der Waals surface area contributed by atoms with Crippen LogP contribution in [0.4, 0.5) is 5.69 Å². The number of amides is 1. The molecule has 4 nitrogen and oxygen atoms in total. The first kappa shape index (κ1) is 13.4. The van der Waals surface area contributed by atoms with E-state index in [2.05, 4.69) is 10.6 Å². The van der Waals surface area contributed by atoms with Crippen LogP contribution in [0.15, 0.2) is 18.2 Å². The van der Waals surface area contributed by atoms with Crippen molar-refractivity contribution in [1.29, 1.82) is 0 Å². The molecule has 2 aliphatic rings. The van der Waals surface area contributed by atoms with Gasteiger partial charge in [0.2, 0.25) is 5.91 Å². The average molecular weight is 274 g/mol. The Balaban J connectivity index is 1.62. The maximum Gasteiger partial charge on any atom is 0.227 e. The van der Waals surface area contributed by atoms with E-state index in [1.807, 2.05) is 25.1 Å². The Morgan fingerprint density at radius 1 is 1.55 bits per heavy atom. The van der Waals surface area contributed by atoms with Crippen molar-refractivity contribution in [3.05, 3.63) is 23.8 Å². The fourth-order valence-electron chi connectivity index (χ4n) is 3.12. The van der Waals surface area contributed by atoms with Crippen LogP contribution in [0.5, 0.6) is 5.75 Å². The molecule has 108 valence electrons. The number of benzene rings is 1. The molecule has 0 bridgehead atoms. The monoisotopic (exact) mass is 274 g/mol. The number of ether oxygens (including phenoxy) is 1. The molecule has 1 fully saturated rings. The van der Waals surface area contributed by atoms with Gasteiger partial charge in [-0.15, -0.1) is 0 Å². The van der Waals surface area contributed by atoms with Gasteiger partial charge in [0, 0.05) is 23.6 Å². The Labute approximate surface area is 119 Å². The number of hydrogen-bond acceptors (Lipinski definition) is 3. The fraction of sp³-hybridized carbons (Fsp3) is 0.562. The molecule has 1 amide bonds. The summed E-state index contributed by atoms with van der Waals surface area (Å²) in [6.07, 6.45) is 3.03. The van der Waals surface area contributed by atoms with E-state index in [1.165, 1.54) is 6.42 Å². The van der Waals surface area contributed by atoms with Crippen molar-refractivity contribution < 1.29 is 9.53 Å². The predicted octanol–water partition coefficient (Wildman–Crippen LogP) is 2.20. The molecule has 0 aromatic heterocycles. The molecular weight excluding hydrogens is 252 g/mol.